The molecular weight excluding hydrogens is 246 g/mol. The van der Waals surface area contributed by atoms with Crippen LogP contribution in [0.15, 0.2) is 12.1 Å². The SMILES string of the molecule is Cc1cc(NC(=O)C(=O)NN)cc(C(C)(C)C)c1O. The van der Waals surface area contributed by atoms with Crippen molar-refractivity contribution in [3.63, 3.8) is 0 Å². The molecule has 0 fully saturated rings. The third-order valence-corrected chi connectivity index (χ3v) is 2.70. The van der Waals surface area contributed by atoms with Crippen LogP contribution in [0.25, 0.3) is 0 Å². The zero-order chi connectivity index (χ0) is 14.8. The molecule has 0 heterocycles. The Bertz CT molecular complexity index is 519. The van der Waals surface area contributed by atoms with Gasteiger partial charge in [0.15, 0.2) is 0 Å². The van der Waals surface area contributed by atoms with Crippen molar-refractivity contribution in [3.05, 3.63) is 23.3 Å². The first-order chi connectivity index (χ1) is 8.66. The molecule has 6 heteroatoms. The van der Waals surface area contributed by atoms with Gasteiger partial charge in [0, 0.05) is 11.3 Å². The van der Waals surface area contributed by atoms with E-state index in [0.717, 1.165) is 0 Å². The lowest BCUT2D eigenvalue weighted by molar-refractivity contribution is -0.136. The minimum absolute atomic E-state index is 0.189. The predicted octanol–water partition coefficient (Wildman–Crippen LogP) is 0.927. The first-order valence-corrected chi connectivity index (χ1v) is 5.83. The maximum atomic E-state index is 11.4. The minimum atomic E-state index is -0.928. The van der Waals surface area contributed by atoms with E-state index in [1.165, 1.54) is 0 Å². The maximum absolute atomic E-state index is 11.4. The molecule has 0 radical (unpaired) electrons. The van der Waals surface area contributed by atoms with Crippen molar-refractivity contribution in [3.8, 4) is 5.75 Å². The number of phenolic OH excluding ortho intramolecular Hbond substituents is 1. The fraction of sp³-hybridized carbons (Fsp3) is 0.385. The fourth-order valence-electron chi connectivity index (χ4n) is 1.68. The van der Waals surface area contributed by atoms with Gasteiger partial charge >= 0.3 is 11.8 Å². The van der Waals surface area contributed by atoms with E-state index >= 15 is 0 Å². The summed E-state index contributed by atoms with van der Waals surface area (Å²) in [6, 6.07) is 3.23. The molecule has 1 aromatic carbocycles. The van der Waals surface area contributed by atoms with E-state index in [2.05, 4.69) is 5.32 Å². The molecule has 0 unspecified atom stereocenters. The van der Waals surface area contributed by atoms with Crippen LogP contribution >= 0.6 is 0 Å². The number of hydrogen-bond donors (Lipinski definition) is 4. The molecule has 0 aliphatic rings. The summed E-state index contributed by atoms with van der Waals surface area (Å²) in [5.74, 6) is 3.29. The third-order valence-electron chi connectivity index (χ3n) is 2.70. The number of nitrogens with two attached hydrogens (primary N) is 1. The lowest BCUT2D eigenvalue weighted by atomic mass is 9.85. The predicted molar refractivity (Wildman–Crippen MR) is 72.5 cm³/mol. The van der Waals surface area contributed by atoms with E-state index in [9.17, 15) is 14.7 Å². The Morgan fingerprint density at radius 3 is 2.26 bits per heavy atom. The van der Waals surface area contributed by atoms with Crippen LogP contribution in [0.3, 0.4) is 0 Å². The molecule has 104 valence electrons. The second-order valence-electron chi connectivity index (χ2n) is 5.37. The zero-order valence-electron chi connectivity index (χ0n) is 11.5. The van der Waals surface area contributed by atoms with Crippen molar-refractivity contribution in [2.24, 2.45) is 5.84 Å². The molecule has 0 saturated heterocycles. The Balaban J connectivity index is 3.15. The third kappa shape index (κ3) is 3.45. The number of anilines is 1. The Kier molecular flexibility index (Phi) is 4.16. The van der Waals surface area contributed by atoms with Crippen molar-refractivity contribution in [1.82, 2.24) is 5.43 Å². The van der Waals surface area contributed by atoms with Gasteiger partial charge in [-0.3, -0.25) is 15.0 Å². The van der Waals surface area contributed by atoms with E-state index in [0.29, 0.717) is 16.8 Å². The zero-order valence-corrected chi connectivity index (χ0v) is 11.5. The van der Waals surface area contributed by atoms with Gasteiger partial charge in [-0.25, -0.2) is 5.84 Å². The maximum Gasteiger partial charge on any atom is 0.323 e. The average molecular weight is 265 g/mol. The van der Waals surface area contributed by atoms with Gasteiger partial charge in [-0.15, -0.1) is 0 Å². The second-order valence-corrected chi connectivity index (χ2v) is 5.37. The molecular formula is C13H19N3O3. The Labute approximate surface area is 112 Å². The van der Waals surface area contributed by atoms with Crippen LogP contribution in [0.5, 0.6) is 5.75 Å². The summed E-state index contributed by atoms with van der Waals surface area (Å²) in [6.07, 6.45) is 0. The van der Waals surface area contributed by atoms with Crippen molar-refractivity contribution >= 4 is 17.5 Å². The van der Waals surface area contributed by atoms with Crippen LogP contribution in [0.4, 0.5) is 5.69 Å². The number of benzene rings is 1. The molecule has 1 rings (SSSR count). The van der Waals surface area contributed by atoms with Crippen molar-refractivity contribution in [2.75, 3.05) is 5.32 Å². The molecule has 19 heavy (non-hydrogen) atoms. The number of carbonyl (C=O) groups is 2. The van der Waals surface area contributed by atoms with Crippen LogP contribution in [0, 0.1) is 6.92 Å². The first-order valence-electron chi connectivity index (χ1n) is 5.83. The highest BCUT2D eigenvalue weighted by atomic mass is 16.3. The van der Waals surface area contributed by atoms with E-state index in [1.54, 1.807) is 24.5 Å². The highest BCUT2D eigenvalue weighted by Crippen LogP contribution is 2.35. The van der Waals surface area contributed by atoms with Crippen molar-refractivity contribution in [1.29, 1.82) is 0 Å². The average Bonchev–Trinajstić information content (AvgIpc) is 2.30. The van der Waals surface area contributed by atoms with Gasteiger partial charge in [-0.2, -0.15) is 0 Å². The molecule has 0 spiro atoms. The number of rotatable bonds is 1. The molecule has 0 atom stereocenters. The molecule has 0 aliphatic carbocycles. The van der Waals surface area contributed by atoms with Crippen LogP contribution in [-0.4, -0.2) is 16.9 Å². The molecule has 0 bridgehead atoms. The highest BCUT2D eigenvalue weighted by Gasteiger charge is 2.21. The standard InChI is InChI=1S/C13H19N3O3/c1-7-5-8(15-11(18)12(19)16-14)6-9(10(7)17)13(2,3)4/h5-6,17H,14H2,1-4H3,(H,15,18)(H,16,19). The smallest absolute Gasteiger partial charge is 0.323 e. The largest absolute Gasteiger partial charge is 0.507 e. The Morgan fingerprint density at radius 2 is 1.79 bits per heavy atom. The molecule has 0 saturated carbocycles. The van der Waals surface area contributed by atoms with Crippen LogP contribution < -0.4 is 16.6 Å². The van der Waals surface area contributed by atoms with Gasteiger partial charge in [0.2, 0.25) is 0 Å². The first kappa shape index (κ1) is 15.0. The number of amides is 2. The summed E-state index contributed by atoms with van der Waals surface area (Å²) in [7, 11) is 0. The summed E-state index contributed by atoms with van der Waals surface area (Å²) >= 11 is 0. The van der Waals surface area contributed by atoms with Crippen LogP contribution in [0.2, 0.25) is 0 Å². The number of carbonyl (C=O) groups excluding carboxylic acids is 2. The fourth-order valence-corrected chi connectivity index (χ4v) is 1.68. The minimum Gasteiger partial charge on any atom is -0.507 e. The summed E-state index contributed by atoms with van der Waals surface area (Å²) in [5, 5.41) is 12.5. The van der Waals surface area contributed by atoms with Crippen LogP contribution in [-0.2, 0) is 15.0 Å². The number of phenols is 1. The number of aryl methyl sites for hydroxylation is 1. The van der Waals surface area contributed by atoms with Crippen molar-refractivity contribution in [2.45, 2.75) is 33.1 Å². The van der Waals surface area contributed by atoms with E-state index in [1.807, 2.05) is 20.8 Å². The highest BCUT2D eigenvalue weighted by molar-refractivity contribution is 6.39. The molecule has 1 aromatic rings. The number of nitrogens with one attached hydrogen (secondary N) is 2. The molecule has 0 aliphatic heterocycles. The van der Waals surface area contributed by atoms with Crippen LogP contribution in [0.1, 0.15) is 31.9 Å². The van der Waals surface area contributed by atoms with E-state index < -0.39 is 11.8 Å². The Morgan fingerprint density at radius 1 is 1.21 bits per heavy atom. The number of hydrazine groups is 1. The van der Waals surface area contributed by atoms with Gasteiger partial charge in [0.05, 0.1) is 0 Å². The summed E-state index contributed by atoms with van der Waals surface area (Å²) in [4.78, 5) is 22.5. The summed E-state index contributed by atoms with van der Waals surface area (Å²) in [6.45, 7) is 7.56. The van der Waals surface area contributed by atoms with Gasteiger partial charge < -0.3 is 10.4 Å². The monoisotopic (exact) mass is 265 g/mol. The van der Waals surface area contributed by atoms with E-state index in [-0.39, 0.29) is 11.2 Å². The summed E-state index contributed by atoms with van der Waals surface area (Å²) < 4.78 is 0. The summed E-state index contributed by atoms with van der Waals surface area (Å²) in [5.41, 5.74) is 3.22. The molecule has 5 N–H and O–H groups in total. The lowest BCUT2D eigenvalue weighted by Gasteiger charge is -2.22. The van der Waals surface area contributed by atoms with Gasteiger partial charge in [-0.1, -0.05) is 20.8 Å². The Hall–Kier alpha value is -2.08. The molecule has 6 nitrogen and oxygen atoms in total. The van der Waals surface area contributed by atoms with Gasteiger partial charge in [-0.05, 0) is 30.0 Å². The quantitative estimate of drug-likeness (QED) is 0.199. The normalized spacial score (nSPS) is 11.0. The van der Waals surface area contributed by atoms with Crippen molar-refractivity contribution < 1.29 is 14.7 Å². The lowest BCUT2D eigenvalue weighted by Crippen LogP contribution is -2.39. The number of aromatic hydroxyl groups is 1. The molecule has 2 amide bonds. The molecule has 0 aromatic heterocycles. The number of hydrogen-bond acceptors (Lipinski definition) is 4. The topological polar surface area (TPSA) is 104 Å². The second kappa shape index (κ2) is 5.27. The van der Waals surface area contributed by atoms with Gasteiger partial charge in [0.1, 0.15) is 5.75 Å². The van der Waals surface area contributed by atoms with E-state index in [4.69, 9.17) is 5.84 Å². The van der Waals surface area contributed by atoms with Gasteiger partial charge in [0.25, 0.3) is 0 Å².